The fourth-order valence-electron chi connectivity index (χ4n) is 1.94. The average molecular weight is 429 g/mol. The topological polar surface area (TPSA) is 64.1 Å². The highest BCUT2D eigenvalue weighted by Gasteiger charge is 2.16. The SMILES string of the molecule is CN=C(NCCCOCC1CCOC1)NCC(C)(C)OC.I. The maximum atomic E-state index is 5.66. The highest BCUT2D eigenvalue weighted by atomic mass is 127. The maximum Gasteiger partial charge on any atom is 0.191 e. The first kappa shape index (κ1) is 21.9. The molecule has 1 atom stereocenters. The van der Waals surface area contributed by atoms with Gasteiger partial charge >= 0.3 is 0 Å². The molecule has 132 valence electrons. The van der Waals surface area contributed by atoms with Crippen LogP contribution in [-0.2, 0) is 14.2 Å². The second kappa shape index (κ2) is 12.3. The zero-order chi connectivity index (χ0) is 15.6. The molecule has 0 aromatic heterocycles. The van der Waals surface area contributed by atoms with Crippen LogP contribution in [0.2, 0.25) is 0 Å². The zero-order valence-corrected chi connectivity index (χ0v) is 16.6. The van der Waals surface area contributed by atoms with E-state index in [4.69, 9.17) is 14.2 Å². The molecule has 1 unspecified atom stereocenters. The minimum atomic E-state index is -0.204. The summed E-state index contributed by atoms with van der Waals surface area (Å²) < 4.78 is 16.3. The van der Waals surface area contributed by atoms with E-state index in [0.717, 1.165) is 51.8 Å². The molecule has 1 rings (SSSR count). The first-order valence-electron chi connectivity index (χ1n) is 7.72. The summed E-state index contributed by atoms with van der Waals surface area (Å²) in [5.41, 5.74) is -0.204. The quantitative estimate of drug-likeness (QED) is 0.253. The van der Waals surface area contributed by atoms with E-state index in [1.165, 1.54) is 0 Å². The van der Waals surface area contributed by atoms with E-state index in [9.17, 15) is 0 Å². The largest absolute Gasteiger partial charge is 0.381 e. The van der Waals surface area contributed by atoms with Gasteiger partial charge in [-0.3, -0.25) is 4.99 Å². The molecule has 2 N–H and O–H groups in total. The summed E-state index contributed by atoms with van der Waals surface area (Å²) in [5, 5.41) is 6.53. The monoisotopic (exact) mass is 429 g/mol. The number of methoxy groups -OCH3 is 1. The molecule has 0 aromatic carbocycles. The summed E-state index contributed by atoms with van der Waals surface area (Å²) >= 11 is 0. The molecular weight excluding hydrogens is 397 g/mol. The van der Waals surface area contributed by atoms with Gasteiger partial charge in [-0.2, -0.15) is 0 Å². The number of nitrogens with one attached hydrogen (secondary N) is 2. The Balaban J connectivity index is 0.00000441. The van der Waals surface area contributed by atoms with Gasteiger partial charge < -0.3 is 24.8 Å². The molecular formula is C15H32IN3O3. The predicted molar refractivity (Wildman–Crippen MR) is 100 cm³/mol. The van der Waals surface area contributed by atoms with Crippen LogP contribution in [0.1, 0.15) is 26.7 Å². The van der Waals surface area contributed by atoms with Crippen LogP contribution < -0.4 is 10.6 Å². The average Bonchev–Trinajstić information content (AvgIpc) is 2.99. The Kier molecular flexibility index (Phi) is 12.3. The molecule has 0 spiro atoms. The molecule has 0 bridgehead atoms. The normalized spacial score (nSPS) is 18.9. The van der Waals surface area contributed by atoms with Gasteiger partial charge in [0.2, 0.25) is 0 Å². The van der Waals surface area contributed by atoms with E-state index < -0.39 is 0 Å². The predicted octanol–water partition coefficient (Wildman–Crippen LogP) is 1.64. The van der Waals surface area contributed by atoms with E-state index in [-0.39, 0.29) is 29.6 Å². The summed E-state index contributed by atoms with van der Waals surface area (Å²) in [4.78, 5) is 4.19. The lowest BCUT2D eigenvalue weighted by Crippen LogP contribution is -2.45. The van der Waals surface area contributed by atoms with Gasteiger partial charge in [0, 0.05) is 46.4 Å². The van der Waals surface area contributed by atoms with Crippen LogP contribution in [0.15, 0.2) is 4.99 Å². The summed E-state index contributed by atoms with van der Waals surface area (Å²) in [6.45, 7) is 8.94. The zero-order valence-electron chi connectivity index (χ0n) is 14.3. The Bertz CT molecular complexity index is 308. The fraction of sp³-hybridized carbons (Fsp3) is 0.933. The third-order valence-corrected chi connectivity index (χ3v) is 3.59. The van der Waals surface area contributed by atoms with Crippen LogP contribution in [0.25, 0.3) is 0 Å². The second-order valence-electron chi connectivity index (χ2n) is 5.97. The van der Waals surface area contributed by atoms with Gasteiger partial charge in [0.1, 0.15) is 0 Å². The highest BCUT2D eigenvalue weighted by molar-refractivity contribution is 14.0. The number of rotatable bonds is 9. The molecule has 1 aliphatic rings. The molecule has 0 amide bonds. The van der Waals surface area contributed by atoms with Gasteiger partial charge in [0.15, 0.2) is 5.96 Å². The Morgan fingerprint density at radius 1 is 1.36 bits per heavy atom. The van der Waals surface area contributed by atoms with E-state index >= 15 is 0 Å². The van der Waals surface area contributed by atoms with E-state index in [1.807, 2.05) is 13.8 Å². The van der Waals surface area contributed by atoms with Crippen molar-refractivity contribution in [2.24, 2.45) is 10.9 Å². The van der Waals surface area contributed by atoms with E-state index in [1.54, 1.807) is 14.2 Å². The molecule has 0 saturated carbocycles. The minimum absolute atomic E-state index is 0. The van der Waals surface area contributed by atoms with Crippen molar-refractivity contribution in [3.8, 4) is 0 Å². The van der Waals surface area contributed by atoms with Crippen LogP contribution >= 0.6 is 24.0 Å². The van der Waals surface area contributed by atoms with Crippen molar-refractivity contribution in [3.63, 3.8) is 0 Å². The van der Waals surface area contributed by atoms with Crippen molar-refractivity contribution < 1.29 is 14.2 Å². The van der Waals surface area contributed by atoms with E-state index in [0.29, 0.717) is 12.5 Å². The summed E-state index contributed by atoms with van der Waals surface area (Å²) in [6.07, 6.45) is 2.09. The lowest BCUT2D eigenvalue weighted by atomic mass is 10.1. The first-order valence-corrected chi connectivity index (χ1v) is 7.72. The molecule has 0 aromatic rings. The molecule has 6 nitrogen and oxygen atoms in total. The van der Waals surface area contributed by atoms with Crippen molar-refractivity contribution in [1.82, 2.24) is 10.6 Å². The number of ether oxygens (including phenoxy) is 3. The van der Waals surface area contributed by atoms with Crippen LogP contribution in [0.5, 0.6) is 0 Å². The smallest absolute Gasteiger partial charge is 0.191 e. The molecule has 22 heavy (non-hydrogen) atoms. The van der Waals surface area contributed by atoms with Crippen LogP contribution in [-0.4, -0.2) is 65.2 Å². The molecule has 0 aliphatic carbocycles. The van der Waals surface area contributed by atoms with Crippen molar-refractivity contribution in [2.45, 2.75) is 32.3 Å². The second-order valence-corrected chi connectivity index (χ2v) is 5.97. The molecule has 1 saturated heterocycles. The molecule has 7 heteroatoms. The fourth-order valence-corrected chi connectivity index (χ4v) is 1.94. The van der Waals surface area contributed by atoms with Crippen LogP contribution in [0.3, 0.4) is 0 Å². The third kappa shape index (κ3) is 9.81. The van der Waals surface area contributed by atoms with Crippen molar-refractivity contribution >= 4 is 29.9 Å². The van der Waals surface area contributed by atoms with Gasteiger partial charge in [-0.05, 0) is 26.7 Å². The van der Waals surface area contributed by atoms with Crippen molar-refractivity contribution in [2.75, 3.05) is 53.7 Å². The number of guanidine groups is 1. The van der Waals surface area contributed by atoms with Crippen LogP contribution in [0.4, 0.5) is 0 Å². The molecule has 1 aliphatic heterocycles. The number of halogens is 1. The summed E-state index contributed by atoms with van der Waals surface area (Å²) in [5.74, 6) is 1.38. The summed E-state index contributed by atoms with van der Waals surface area (Å²) in [7, 11) is 3.48. The van der Waals surface area contributed by atoms with Gasteiger partial charge in [-0.25, -0.2) is 0 Å². The molecule has 1 fully saturated rings. The lowest BCUT2D eigenvalue weighted by molar-refractivity contribution is 0.0268. The van der Waals surface area contributed by atoms with Crippen molar-refractivity contribution in [1.29, 1.82) is 0 Å². The Morgan fingerprint density at radius 2 is 2.14 bits per heavy atom. The van der Waals surface area contributed by atoms with Crippen molar-refractivity contribution in [3.05, 3.63) is 0 Å². The Hall–Kier alpha value is -0.120. The maximum absolute atomic E-state index is 5.66. The minimum Gasteiger partial charge on any atom is -0.381 e. The standard InChI is InChI=1S/C15H31N3O3.HI/c1-15(2,19-4)12-18-14(16-3)17-7-5-8-20-10-13-6-9-21-11-13;/h13H,5-12H2,1-4H3,(H2,16,17,18);1H. The van der Waals surface area contributed by atoms with Crippen LogP contribution in [0, 0.1) is 5.92 Å². The number of aliphatic imine (C=N–C) groups is 1. The summed E-state index contributed by atoms with van der Waals surface area (Å²) in [6, 6.07) is 0. The first-order chi connectivity index (χ1) is 10.1. The number of nitrogens with zero attached hydrogens (tertiary/aromatic N) is 1. The molecule has 0 radical (unpaired) electrons. The van der Waals surface area contributed by atoms with Gasteiger partial charge in [0.05, 0.1) is 18.8 Å². The van der Waals surface area contributed by atoms with E-state index in [2.05, 4.69) is 15.6 Å². The number of hydrogen-bond acceptors (Lipinski definition) is 4. The van der Waals surface area contributed by atoms with Gasteiger partial charge in [-0.15, -0.1) is 24.0 Å². The highest BCUT2D eigenvalue weighted by Crippen LogP contribution is 2.12. The third-order valence-electron chi connectivity index (χ3n) is 3.59. The Morgan fingerprint density at radius 3 is 2.73 bits per heavy atom. The number of hydrogen-bond donors (Lipinski definition) is 2. The molecule has 1 heterocycles. The van der Waals surface area contributed by atoms with Gasteiger partial charge in [0.25, 0.3) is 0 Å². The van der Waals surface area contributed by atoms with Gasteiger partial charge in [-0.1, -0.05) is 0 Å². The lowest BCUT2D eigenvalue weighted by Gasteiger charge is -2.24. The Labute approximate surface area is 151 Å².